The highest BCUT2D eigenvalue weighted by atomic mass is 16.6. The Morgan fingerprint density at radius 2 is 2.12 bits per heavy atom. The van der Waals surface area contributed by atoms with Crippen LogP contribution in [0.15, 0.2) is 35.3 Å². The highest BCUT2D eigenvalue weighted by molar-refractivity contribution is 5.94. The van der Waals surface area contributed by atoms with Crippen molar-refractivity contribution < 1.29 is 24.3 Å². The van der Waals surface area contributed by atoms with Crippen LogP contribution < -0.4 is 10.3 Å². The van der Waals surface area contributed by atoms with E-state index >= 15 is 0 Å². The fourth-order valence-electron chi connectivity index (χ4n) is 4.54. The molecule has 1 unspecified atom stereocenters. The summed E-state index contributed by atoms with van der Waals surface area (Å²) in [6, 6.07) is 6.80. The number of cyclic esters (lactones) is 1. The Hall–Kier alpha value is -4.05. The molecule has 168 valence electrons. The zero-order valence-corrected chi connectivity index (χ0v) is 17.8. The lowest BCUT2D eigenvalue weighted by atomic mass is 9.86. The summed E-state index contributed by atoms with van der Waals surface area (Å²) in [7, 11) is 1.52. The average molecular weight is 449 g/mol. The Morgan fingerprint density at radius 3 is 2.82 bits per heavy atom. The van der Waals surface area contributed by atoms with Crippen molar-refractivity contribution in [3.8, 4) is 17.1 Å². The van der Waals surface area contributed by atoms with Gasteiger partial charge in [-0.15, -0.1) is 0 Å². The third kappa shape index (κ3) is 2.94. The maximum Gasteiger partial charge on any atom is 0.343 e. The minimum atomic E-state index is -1.93. The fourth-order valence-corrected chi connectivity index (χ4v) is 4.54. The summed E-state index contributed by atoms with van der Waals surface area (Å²) in [5.41, 5.74) is 0.728. The van der Waals surface area contributed by atoms with E-state index in [-0.39, 0.29) is 30.7 Å². The number of esters is 1. The molecule has 2 aliphatic heterocycles. The number of methoxy groups -OCH3 is 1. The molecule has 1 atom stereocenters. The van der Waals surface area contributed by atoms with Crippen molar-refractivity contribution in [3.05, 3.63) is 73.2 Å². The van der Waals surface area contributed by atoms with Crippen molar-refractivity contribution in [1.29, 1.82) is 0 Å². The van der Waals surface area contributed by atoms with Crippen LogP contribution in [0.1, 0.15) is 35.6 Å². The van der Waals surface area contributed by atoms with Crippen LogP contribution in [0.5, 0.6) is 5.75 Å². The predicted molar refractivity (Wildman–Crippen MR) is 117 cm³/mol. The molecule has 0 bridgehead atoms. The van der Waals surface area contributed by atoms with E-state index in [9.17, 15) is 24.8 Å². The van der Waals surface area contributed by atoms with E-state index in [2.05, 4.69) is 0 Å². The molecule has 0 spiro atoms. The van der Waals surface area contributed by atoms with Crippen molar-refractivity contribution in [2.45, 2.75) is 32.1 Å². The van der Waals surface area contributed by atoms with Gasteiger partial charge in [0.1, 0.15) is 12.4 Å². The minimum absolute atomic E-state index is 0.0380. The first kappa shape index (κ1) is 20.8. The summed E-state index contributed by atoms with van der Waals surface area (Å²) in [6.07, 6.45) is 2.26. The first-order valence-corrected chi connectivity index (χ1v) is 10.3. The first-order valence-electron chi connectivity index (χ1n) is 10.3. The molecular weight excluding hydrogens is 430 g/mol. The molecule has 0 aliphatic carbocycles. The Bertz CT molecular complexity index is 1460. The summed E-state index contributed by atoms with van der Waals surface area (Å²) in [5, 5.41) is 22.7. The second kappa shape index (κ2) is 7.24. The van der Waals surface area contributed by atoms with Crippen LogP contribution in [0.4, 0.5) is 0 Å². The Kier molecular flexibility index (Phi) is 4.57. The van der Waals surface area contributed by atoms with E-state index in [1.54, 1.807) is 31.2 Å². The smallest absolute Gasteiger partial charge is 0.343 e. The van der Waals surface area contributed by atoms with Crippen LogP contribution in [0.2, 0.25) is 0 Å². The van der Waals surface area contributed by atoms with E-state index in [0.29, 0.717) is 39.2 Å². The average Bonchev–Trinajstić information content (AvgIpc) is 3.17. The lowest BCUT2D eigenvalue weighted by molar-refractivity contribution is -0.400. The van der Waals surface area contributed by atoms with Gasteiger partial charge in [0.05, 0.1) is 41.0 Å². The number of hydrogen-bond donors (Lipinski definition) is 1. The molecule has 2 aliphatic rings. The molecule has 5 rings (SSSR count). The highest BCUT2D eigenvalue weighted by Gasteiger charge is 2.45. The van der Waals surface area contributed by atoms with Gasteiger partial charge < -0.3 is 19.1 Å². The number of benzene rings is 1. The molecule has 4 heterocycles. The van der Waals surface area contributed by atoms with Crippen LogP contribution in [0, 0.1) is 10.1 Å². The van der Waals surface area contributed by atoms with Gasteiger partial charge >= 0.3 is 5.97 Å². The van der Waals surface area contributed by atoms with Gasteiger partial charge in [0.15, 0.2) is 5.60 Å². The predicted octanol–water partition coefficient (Wildman–Crippen LogP) is 2.34. The molecule has 1 aromatic carbocycles. The minimum Gasteiger partial charge on any atom is -0.497 e. The number of nitro groups is 1. The van der Waals surface area contributed by atoms with Gasteiger partial charge in [-0.05, 0) is 36.2 Å². The van der Waals surface area contributed by atoms with Crippen LogP contribution in [0.25, 0.3) is 28.4 Å². The van der Waals surface area contributed by atoms with Crippen LogP contribution in [0.3, 0.4) is 0 Å². The molecular formula is C23H19N3O7. The zero-order chi connectivity index (χ0) is 23.5. The van der Waals surface area contributed by atoms with Gasteiger partial charge in [-0.25, -0.2) is 9.78 Å². The largest absolute Gasteiger partial charge is 0.497 e. The summed E-state index contributed by atoms with van der Waals surface area (Å²) in [6.45, 7) is 1.54. The molecule has 33 heavy (non-hydrogen) atoms. The number of pyridine rings is 2. The van der Waals surface area contributed by atoms with Gasteiger partial charge in [-0.1, -0.05) is 6.92 Å². The lowest BCUT2D eigenvalue weighted by Gasteiger charge is -2.31. The van der Waals surface area contributed by atoms with Gasteiger partial charge in [0.2, 0.25) is 6.20 Å². The number of ether oxygens (including phenoxy) is 2. The fraction of sp³-hybridized carbons (Fsp3) is 0.261. The number of aliphatic hydroxyl groups is 1. The zero-order valence-electron chi connectivity index (χ0n) is 17.8. The number of hydrogen-bond acceptors (Lipinski definition) is 8. The van der Waals surface area contributed by atoms with Crippen molar-refractivity contribution >= 4 is 22.9 Å². The van der Waals surface area contributed by atoms with Crippen molar-refractivity contribution in [2.24, 2.45) is 0 Å². The maximum absolute atomic E-state index is 13.3. The van der Waals surface area contributed by atoms with Crippen molar-refractivity contribution in [3.63, 3.8) is 0 Å². The molecule has 0 amide bonds. The van der Waals surface area contributed by atoms with E-state index in [1.807, 2.05) is 0 Å². The number of carbonyl (C=O) groups excluding carboxylic acids is 1. The summed E-state index contributed by atoms with van der Waals surface area (Å²) >= 11 is 0. The highest BCUT2D eigenvalue weighted by Crippen LogP contribution is 2.40. The number of nitrogens with zero attached hydrogens (tertiary/aromatic N) is 3. The quantitative estimate of drug-likeness (QED) is 0.285. The Morgan fingerprint density at radius 1 is 1.33 bits per heavy atom. The standard InChI is InChI=1S/C23H19N3O7/c1-3-23(29)17-9-19-20-15(10-25(19)21(27)16(17)11-33-22(23)28)13(6-7-26(30)31)14-8-12(32-2)4-5-18(14)24-20/h4-9,29H,3,10-11H2,1-2H3. The molecule has 0 saturated carbocycles. The topological polar surface area (TPSA) is 134 Å². The second-order valence-corrected chi connectivity index (χ2v) is 7.94. The molecule has 0 radical (unpaired) electrons. The Labute approximate surface area is 186 Å². The van der Waals surface area contributed by atoms with Crippen molar-refractivity contribution in [2.75, 3.05) is 7.11 Å². The van der Waals surface area contributed by atoms with Crippen molar-refractivity contribution in [1.82, 2.24) is 9.55 Å². The van der Waals surface area contributed by atoms with Crippen LogP contribution in [-0.2, 0) is 28.3 Å². The number of fused-ring (bicyclic) bond motifs is 5. The van der Waals surface area contributed by atoms with Crippen LogP contribution >= 0.6 is 0 Å². The summed E-state index contributed by atoms with van der Waals surface area (Å²) in [5.74, 6) is -0.236. The van der Waals surface area contributed by atoms with Gasteiger partial charge in [0, 0.05) is 22.6 Å². The third-order valence-corrected chi connectivity index (χ3v) is 6.30. The van der Waals surface area contributed by atoms with E-state index in [0.717, 1.165) is 6.20 Å². The molecule has 2 aromatic heterocycles. The normalized spacial score (nSPS) is 18.7. The SMILES string of the molecule is CCC1(O)C(=O)OCc2c1cc1n(c2=O)Cc2c-1nc1ccc(OC)cc1c2C=C[N+](=O)[O-]. The lowest BCUT2D eigenvalue weighted by Crippen LogP contribution is -2.44. The first-order chi connectivity index (χ1) is 15.8. The summed E-state index contributed by atoms with van der Waals surface area (Å²) < 4.78 is 11.9. The van der Waals surface area contributed by atoms with Gasteiger partial charge in [-0.2, -0.15) is 0 Å². The molecule has 0 saturated heterocycles. The van der Waals surface area contributed by atoms with E-state index in [4.69, 9.17) is 14.5 Å². The monoisotopic (exact) mass is 449 g/mol. The number of aromatic nitrogens is 2. The molecule has 0 fully saturated rings. The van der Waals surface area contributed by atoms with Gasteiger partial charge in [-0.3, -0.25) is 14.9 Å². The number of carbonyl (C=O) groups is 1. The maximum atomic E-state index is 13.3. The Balaban J connectivity index is 1.82. The molecule has 10 nitrogen and oxygen atoms in total. The molecule has 3 aromatic rings. The van der Waals surface area contributed by atoms with E-state index in [1.165, 1.54) is 17.8 Å². The van der Waals surface area contributed by atoms with Gasteiger partial charge in [0.25, 0.3) is 5.56 Å². The van der Waals surface area contributed by atoms with E-state index < -0.39 is 22.1 Å². The third-order valence-electron chi connectivity index (χ3n) is 6.30. The second-order valence-electron chi connectivity index (χ2n) is 7.94. The molecule has 1 N–H and O–H groups in total. The van der Waals surface area contributed by atoms with Crippen LogP contribution in [-0.4, -0.2) is 32.7 Å². The molecule has 10 heteroatoms. The summed E-state index contributed by atoms with van der Waals surface area (Å²) in [4.78, 5) is 40.9. The number of rotatable bonds is 4.